The third-order valence-electron chi connectivity index (χ3n) is 3.31. The standard InChI is InChI=1S/C15H11Cl3N4O5/c16-15(17,18)14(19-10-2-1-3-12(8-10)22(26)27)20-13(23)9-4-6-11(7-5-9)21(24)25/h1-8,14,19H,(H,20,23)/t14-/m1/s1. The number of nitro groups is 2. The largest absolute Gasteiger partial charge is 0.362 e. The molecule has 0 heterocycles. The summed E-state index contributed by atoms with van der Waals surface area (Å²) in [6, 6.07) is 10.2. The number of halogens is 3. The van der Waals surface area contributed by atoms with Crippen LogP contribution >= 0.6 is 34.8 Å². The molecule has 1 atom stereocenters. The molecule has 27 heavy (non-hydrogen) atoms. The van der Waals surface area contributed by atoms with Crippen molar-refractivity contribution in [3.63, 3.8) is 0 Å². The van der Waals surface area contributed by atoms with Gasteiger partial charge in [-0.05, 0) is 18.2 Å². The molecule has 0 aliphatic rings. The van der Waals surface area contributed by atoms with Crippen LogP contribution in [0.3, 0.4) is 0 Å². The van der Waals surface area contributed by atoms with E-state index < -0.39 is 25.7 Å². The van der Waals surface area contributed by atoms with Gasteiger partial charge in [0, 0.05) is 35.5 Å². The van der Waals surface area contributed by atoms with E-state index in [0.29, 0.717) is 0 Å². The van der Waals surface area contributed by atoms with Crippen LogP contribution in [-0.2, 0) is 0 Å². The molecule has 9 nitrogen and oxygen atoms in total. The van der Waals surface area contributed by atoms with Crippen LogP contribution in [0.25, 0.3) is 0 Å². The molecule has 2 aromatic rings. The maximum atomic E-state index is 12.3. The number of nitro benzene ring substituents is 2. The first kappa shape index (κ1) is 20.7. The molecule has 0 saturated heterocycles. The van der Waals surface area contributed by atoms with Crippen LogP contribution in [0.5, 0.6) is 0 Å². The van der Waals surface area contributed by atoms with Crippen molar-refractivity contribution in [3.05, 3.63) is 74.3 Å². The topological polar surface area (TPSA) is 127 Å². The van der Waals surface area contributed by atoms with Gasteiger partial charge >= 0.3 is 0 Å². The third kappa shape index (κ3) is 5.68. The smallest absolute Gasteiger partial charge is 0.271 e. The summed E-state index contributed by atoms with van der Waals surface area (Å²) in [4.78, 5) is 32.7. The summed E-state index contributed by atoms with van der Waals surface area (Å²) in [7, 11) is 0. The Morgan fingerprint density at radius 2 is 1.56 bits per heavy atom. The summed E-state index contributed by atoms with van der Waals surface area (Å²) in [6.07, 6.45) is -1.24. The van der Waals surface area contributed by atoms with E-state index in [0.717, 1.165) is 12.1 Å². The molecule has 0 aliphatic carbocycles. The molecule has 142 valence electrons. The Bertz CT molecular complexity index is 871. The summed E-state index contributed by atoms with van der Waals surface area (Å²) in [5.41, 5.74) is -0.0332. The summed E-state index contributed by atoms with van der Waals surface area (Å²) in [5.74, 6) is -0.667. The lowest BCUT2D eigenvalue weighted by Gasteiger charge is -2.27. The van der Waals surface area contributed by atoms with Gasteiger partial charge < -0.3 is 10.6 Å². The summed E-state index contributed by atoms with van der Waals surface area (Å²) < 4.78 is -2.00. The highest BCUT2D eigenvalue weighted by Crippen LogP contribution is 2.32. The minimum absolute atomic E-state index is 0.0979. The van der Waals surface area contributed by atoms with Crippen LogP contribution in [-0.4, -0.2) is 25.7 Å². The van der Waals surface area contributed by atoms with E-state index >= 15 is 0 Å². The molecule has 0 spiro atoms. The fourth-order valence-corrected chi connectivity index (χ4v) is 2.35. The van der Waals surface area contributed by atoms with Crippen molar-refractivity contribution in [3.8, 4) is 0 Å². The molecule has 0 unspecified atom stereocenters. The fourth-order valence-electron chi connectivity index (χ4n) is 2.02. The average molecular weight is 434 g/mol. The van der Waals surface area contributed by atoms with E-state index in [1.165, 1.54) is 36.4 Å². The van der Waals surface area contributed by atoms with Gasteiger partial charge in [0.05, 0.1) is 9.85 Å². The van der Waals surface area contributed by atoms with Crippen molar-refractivity contribution >= 4 is 57.8 Å². The first-order valence-electron chi connectivity index (χ1n) is 7.21. The Labute approximate surface area is 167 Å². The van der Waals surface area contributed by atoms with Gasteiger partial charge in [0.25, 0.3) is 17.3 Å². The zero-order valence-electron chi connectivity index (χ0n) is 13.3. The number of non-ortho nitro benzene ring substituents is 2. The molecule has 0 saturated carbocycles. The van der Waals surface area contributed by atoms with Crippen molar-refractivity contribution in [1.82, 2.24) is 5.32 Å². The maximum Gasteiger partial charge on any atom is 0.271 e. The number of hydrogen-bond donors (Lipinski definition) is 2. The van der Waals surface area contributed by atoms with Crippen LogP contribution in [0.4, 0.5) is 17.1 Å². The summed E-state index contributed by atoms with van der Waals surface area (Å²) in [6.45, 7) is 0. The van der Waals surface area contributed by atoms with Crippen molar-refractivity contribution in [1.29, 1.82) is 0 Å². The van der Waals surface area contributed by atoms with E-state index in [-0.39, 0.29) is 22.6 Å². The molecule has 0 fully saturated rings. The van der Waals surface area contributed by atoms with E-state index in [1.54, 1.807) is 0 Å². The minimum Gasteiger partial charge on any atom is -0.362 e. The van der Waals surface area contributed by atoms with Crippen molar-refractivity contribution in [2.45, 2.75) is 9.96 Å². The SMILES string of the molecule is O=C(N[C@@H](Nc1cccc([N+](=O)[O-])c1)C(Cl)(Cl)Cl)c1ccc([N+](=O)[O-])cc1. The number of carbonyl (C=O) groups excluding carboxylic acids is 1. The quantitative estimate of drug-likeness (QED) is 0.306. The number of benzene rings is 2. The van der Waals surface area contributed by atoms with Crippen LogP contribution in [0.2, 0.25) is 0 Å². The molecular weight excluding hydrogens is 423 g/mol. The van der Waals surface area contributed by atoms with Gasteiger partial charge in [0.2, 0.25) is 3.79 Å². The van der Waals surface area contributed by atoms with Crippen LogP contribution in [0.15, 0.2) is 48.5 Å². The normalized spacial score (nSPS) is 12.1. The third-order valence-corrected chi connectivity index (χ3v) is 3.97. The Morgan fingerprint density at radius 1 is 0.963 bits per heavy atom. The van der Waals surface area contributed by atoms with Crippen molar-refractivity contribution in [2.75, 3.05) is 5.32 Å². The van der Waals surface area contributed by atoms with E-state index in [9.17, 15) is 25.0 Å². The highest BCUT2D eigenvalue weighted by molar-refractivity contribution is 6.68. The zero-order chi connectivity index (χ0) is 20.2. The zero-order valence-corrected chi connectivity index (χ0v) is 15.5. The van der Waals surface area contributed by atoms with Gasteiger partial charge in [0.15, 0.2) is 0 Å². The predicted octanol–water partition coefficient (Wildman–Crippen LogP) is 4.04. The monoisotopic (exact) mass is 432 g/mol. The maximum absolute atomic E-state index is 12.3. The highest BCUT2D eigenvalue weighted by Gasteiger charge is 2.34. The minimum atomic E-state index is -2.00. The lowest BCUT2D eigenvalue weighted by atomic mass is 10.2. The molecule has 0 aromatic heterocycles. The number of nitrogens with zero attached hydrogens (tertiary/aromatic N) is 2. The Hall–Kier alpha value is -2.62. The van der Waals surface area contributed by atoms with Crippen molar-refractivity contribution in [2.24, 2.45) is 0 Å². The van der Waals surface area contributed by atoms with Gasteiger partial charge in [-0.1, -0.05) is 40.9 Å². The van der Waals surface area contributed by atoms with Crippen LogP contribution in [0, 0.1) is 20.2 Å². The van der Waals surface area contributed by atoms with E-state index in [1.807, 2.05) is 0 Å². The average Bonchev–Trinajstić information content (AvgIpc) is 2.60. The molecule has 2 N–H and O–H groups in total. The summed E-state index contributed by atoms with van der Waals surface area (Å²) >= 11 is 17.6. The number of amides is 1. The fraction of sp³-hybridized carbons (Fsp3) is 0.133. The number of carbonyl (C=O) groups is 1. The molecule has 0 aliphatic heterocycles. The number of anilines is 1. The summed E-state index contributed by atoms with van der Waals surface area (Å²) in [5, 5.41) is 26.7. The first-order valence-corrected chi connectivity index (χ1v) is 8.34. The molecule has 2 rings (SSSR count). The molecular formula is C15H11Cl3N4O5. The van der Waals surface area contributed by atoms with Gasteiger partial charge in [-0.15, -0.1) is 0 Å². The van der Waals surface area contributed by atoms with Gasteiger partial charge in [-0.25, -0.2) is 0 Å². The molecule has 0 radical (unpaired) electrons. The second-order valence-electron chi connectivity index (χ2n) is 5.20. The van der Waals surface area contributed by atoms with Crippen LogP contribution < -0.4 is 10.6 Å². The van der Waals surface area contributed by atoms with E-state index in [4.69, 9.17) is 34.8 Å². The Morgan fingerprint density at radius 3 is 2.07 bits per heavy atom. The molecule has 1 amide bonds. The second kappa shape index (κ2) is 8.38. The van der Waals surface area contributed by atoms with Gasteiger partial charge in [-0.3, -0.25) is 25.0 Å². The Kier molecular flexibility index (Phi) is 6.42. The molecule has 12 heteroatoms. The molecule has 2 aromatic carbocycles. The lowest BCUT2D eigenvalue weighted by Crippen LogP contribution is -2.49. The number of rotatable bonds is 6. The first-order chi connectivity index (χ1) is 12.6. The second-order valence-corrected chi connectivity index (χ2v) is 7.57. The van der Waals surface area contributed by atoms with Gasteiger partial charge in [-0.2, -0.15) is 0 Å². The van der Waals surface area contributed by atoms with Crippen molar-refractivity contribution < 1.29 is 14.6 Å². The van der Waals surface area contributed by atoms with Crippen LogP contribution in [0.1, 0.15) is 10.4 Å². The Balaban J connectivity index is 2.19. The number of nitrogens with one attached hydrogen (secondary N) is 2. The lowest BCUT2D eigenvalue weighted by molar-refractivity contribution is -0.385. The predicted molar refractivity (Wildman–Crippen MR) is 101 cm³/mol. The highest BCUT2D eigenvalue weighted by atomic mass is 35.6. The number of hydrogen-bond acceptors (Lipinski definition) is 6. The molecule has 0 bridgehead atoms. The number of alkyl halides is 3. The van der Waals surface area contributed by atoms with Gasteiger partial charge in [0.1, 0.15) is 6.17 Å². The van der Waals surface area contributed by atoms with E-state index in [2.05, 4.69) is 10.6 Å².